The number of rotatable bonds is 3. The number of hydrazone groups is 1. The van der Waals surface area contributed by atoms with Crippen molar-refractivity contribution in [3.63, 3.8) is 0 Å². The molecule has 2 aromatic rings. The molecule has 2 atom stereocenters. The molecule has 0 saturated heterocycles. The molecule has 4 rings (SSSR count). The van der Waals surface area contributed by atoms with Crippen molar-refractivity contribution >= 4 is 17.3 Å². The van der Waals surface area contributed by atoms with Crippen LogP contribution < -0.4 is 0 Å². The van der Waals surface area contributed by atoms with Crippen LogP contribution in [0.25, 0.3) is 5.41 Å². The van der Waals surface area contributed by atoms with Gasteiger partial charge in [-0.3, -0.25) is 0 Å². The Balaban J connectivity index is 2.01. The topological polar surface area (TPSA) is 61.5 Å². The highest BCUT2D eigenvalue weighted by Gasteiger charge is 2.68. The molecule has 1 saturated carbocycles. The van der Waals surface area contributed by atoms with Crippen molar-refractivity contribution < 1.29 is 4.68 Å². The van der Waals surface area contributed by atoms with Gasteiger partial charge < -0.3 is 5.41 Å². The summed E-state index contributed by atoms with van der Waals surface area (Å²) in [7, 11) is 0. The van der Waals surface area contributed by atoms with Crippen LogP contribution in [0, 0.1) is 28.6 Å². The Labute approximate surface area is 152 Å². The lowest BCUT2D eigenvalue weighted by Gasteiger charge is -2.11. The first-order valence-corrected chi connectivity index (χ1v) is 8.63. The Morgan fingerprint density at radius 3 is 2.12 bits per heavy atom. The quantitative estimate of drug-likeness (QED) is 0.477. The van der Waals surface area contributed by atoms with E-state index in [9.17, 15) is 10.7 Å². The Morgan fingerprint density at radius 1 is 1.00 bits per heavy atom. The molecule has 0 bridgehead atoms. The molecule has 1 heterocycles. The summed E-state index contributed by atoms with van der Waals surface area (Å²) in [5.74, 6) is 2.50. The number of fused-ring (bicyclic) bond motifs is 1. The molecule has 0 unspecified atom stereocenters. The van der Waals surface area contributed by atoms with Crippen LogP contribution in [0.4, 0.5) is 0 Å². The Kier molecular flexibility index (Phi) is 3.68. The van der Waals surface area contributed by atoms with Gasteiger partial charge in [-0.05, 0) is 22.2 Å². The summed E-state index contributed by atoms with van der Waals surface area (Å²) in [6.07, 6.45) is 0. The highest BCUT2D eigenvalue weighted by Crippen LogP contribution is 2.62. The van der Waals surface area contributed by atoms with Gasteiger partial charge in [0.2, 0.25) is 5.71 Å². The smallest absolute Gasteiger partial charge is 0.335 e. The second kappa shape index (κ2) is 5.91. The lowest BCUT2D eigenvalue weighted by molar-refractivity contribution is -0.476. The van der Waals surface area contributed by atoms with Crippen LogP contribution in [-0.4, -0.2) is 22.0 Å². The number of hydrogen-bond donors (Lipinski definition) is 0. The highest BCUT2D eigenvalue weighted by molar-refractivity contribution is 6.13. The maximum absolute atomic E-state index is 9.50. The number of allylic oxidation sites excluding steroid dienone is 1. The second-order valence-corrected chi connectivity index (χ2v) is 7.26. The van der Waals surface area contributed by atoms with Gasteiger partial charge in [-0.2, -0.15) is 11.1 Å². The molecular formula is C22H18N4. The minimum absolute atomic E-state index is 0.00145. The van der Waals surface area contributed by atoms with Crippen molar-refractivity contribution in [2.24, 2.45) is 22.4 Å². The Bertz CT molecular complexity index is 1020. The van der Waals surface area contributed by atoms with Gasteiger partial charge in [-0.1, -0.05) is 62.4 Å². The van der Waals surface area contributed by atoms with Crippen molar-refractivity contribution in [1.29, 1.82) is 5.26 Å². The Morgan fingerprint density at radius 2 is 1.58 bits per heavy atom. The van der Waals surface area contributed by atoms with Crippen molar-refractivity contribution in [1.82, 2.24) is 0 Å². The van der Waals surface area contributed by atoms with Crippen molar-refractivity contribution in [3.8, 4) is 6.07 Å². The fourth-order valence-electron chi connectivity index (χ4n) is 4.06. The SMILES string of the molecule is CC1(C)[C@@H]2C(c3ccccc3)=N[N+](C(=C=[N-])C#N)=C(c3ccccc3)[C@@H]21. The van der Waals surface area contributed by atoms with Gasteiger partial charge in [0.05, 0.1) is 5.92 Å². The summed E-state index contributed by atoms with van der Waals surface area (Å²) >= 11 is 0. The zero-order chi connectivity index (χ0) is 18.3. The van der Waals surface area contributed by atoms with E-state index in [1.54, 1.807) is 4.68 Å². The zero-order valence-corrected chi connectivity index (χ0v) is 14.7. The molecule has 2 aromatic carbocycles. The van der Waals surface area contributed by atoms with Gasteiger partial charge in [0, 0.05) is 22.1 Å². The van der Waals surface area contributed by atoms with Crippen molar-refractivity contribution in [2.45, 2.75) is 13.8 Å². The third-order valence-corrected chi connectivity index (χ3v) is 5.42. The second-order valence-electron chi connectivity index (χ2n) is 7.26. The van der Waals surface area contributed by atoms with E-state index in [0.29, 0.717) is 0 Å². The average Bonchev–Trinajstić information content (AvgIpc) is 3.25. The molecule has 1 aliphatic heterocycles. The molecule has 2 aliphatic rings. The molecule has 1 fully saturated rings. The van der Waals surface area contributed by atoms with Crippen LogP contribution in [0.5, 0.6) is 0 Å². The van der Waals surface area contributed by atoms with Crippen LogP contribution in [0.1, 0.15) is 25.0 Å². The van der Waals surface area contributed by atoms with E-state index in [1.807, 2.05) is 72.6 Å². The van der Waals surface area contributed by atoms with E-state index >= 15 is 0 Å². The third-order valence-electron chi connectivity index (χ3n) is 5.42. The molecule has 0 aromatic heterocycles. The molecular weight excluding hydrogens is 320 g/mol. The molecule has 126 valence electrons. The predicted molar refractivity (Wildman–Crippen MR) is 102 cm³/mol. The first-order chi connectivity index (χ1) is 12.6. The Hall–Kier alpha value is -3.28. The lowest BCUT2D eigenvalue weighted by Crippen LogP contribution is -2.27. The largest absolute Gasteiger partial charge is 0.757 e. The standard InChI is InChI=1S/C22H18N4/c1-22(2)18-19(22)21(16-11-7-4-8-12-16)26(17(13-23)14-24)25-20(18)15-9-5-3-6-10-15/h3-12,18-19H,1-2H3/t18-,19+/m0/s1. The maximum Gasteiger partial charge on any atom is 0.335 e. The number of nitrogens with zero attached hydrogens (tertiary/aromatic N) is 4. The summed E-state index contributed by atoms with van der Waals surface area (Å²) in [6, 6.07) is 22.0. The summed E-state index contributed by atoms with van der Waals surface area (Å²) in [4.78, 5) is 0. The van der Waals surface area contributed by atoms with Crippen LogP contribution in [-0.2, 0) is 0 Å². The van der Waals surface area contributed by atoms with Crippen LogP contribution in [0.3, 0.4) is 0 Å². The highest BCUT2D eigenvalue weighted by atomic mass is 15.4. The fraction of sp³-hybridized carbons (Fsp3) is 0.227. The molecule has 1 aliphatic carbocycles. The van der Waals surface area contributed by atoms with Gasteiger partial charge in [0.15, 0.2) is 6.07 Å². The minimum atomic E-state index is -0.00145. The van der Waals surface area contributed by atoms with Crippen LogP contribution in [0.2, 0.25) is 0 Å². The lowest BCUT2D eigenvalue weighted by atomic mass is 9.98. The van der Waals surface area contributed by atoms with Crippen LogP contribution >= 0.6 is 0 Å². The molecule has 4 nitrogen and oxygen atoms in total. The van der Waals surface area contributed by atoms with E-state index < -0.39 is 0 Å². The van der Waals surface area contributed by atoms with E-state index in [1.165, 1.54) is 0 Å². The van der Waals surface area contributed by atoms with Crippen molar-refractivity contribution in [3.05, 3.63) is 82.9 Å². The van der Waals surface area contributed by atoms with E-state index in [-0.39, 0.29) is 22.9 Å². The van der Waals surface area contributed by atoms with Gasteiger partial charge in [-0.15, -0.1) is 0 Å². The number of benzene rings is 2. The molecule has 0 radical (unpaired) electrons. The van der Waals surface area contributed by atoms with Crippen molar-refractivity contribution in [2.75, 3.05) is 0 Å². The zero-order valence-electron chi connectivity index (χ0n) is 14.7. The normalized spacial score (nSPS) is 22.6. The van der Waals surface area contributed by atoms with Gasteiger partial charge in [-0.25, -0.2) is 0 Å². The van der Waals surface area contributed by atoms with Gasteiger partial charge in [0.1, 0.15) is 5.71 Å². The fourth-order valence-corrected chi connectivity index (χ4v) is 4.06. The first kappa shape index (κ1) is 16.2. The summed E-state index contributed by atoms with van der Waals surface area (Å²) in [6.45, 7) is 4.46. The van der Waals surface area contributed by atoms with Gasteiger partial charge >= 0.3 is 5.70 Å². The summed E-state index contributed by atoms with van der Waals surface area (Å²) < 4.78 is 1.56. The molecule has 26 heavy (non-hydrogen) atoms. The van der Waals surface area contributed by atoms with Gasteiger partial charge in [0.25, 0.3) is 0 Å². The average molecular weight is 338 g/mol. The van der Waals surface area contributed by atoms with E-state index in [2.05, 4.69) is 13.8 Å². The van der Waals surface area contributed by atoms with Crippen LogP contribution in [0.15, 0.2) is 71.5 Å². The molecule has 0 spiro atoms. The summed E-state index contributed by atoms with van der Waals surface area (Å²) in [5.41, 5.74) is 3.96. The number of hydrogen-bond acceptors (Lipinski definition) is 2. The third kappa shape index (κ3) is 2.34. The molecule has 4 heteroatoms. The molecule has 0 amide bonds. The maximum atomic E-state index is 9.50. The molecule has 0 N–H and O–H groups in total. The van der Waals surface area contributed by atoms with E-state index in [4.69, 9.17) is 5.10 Å². The summed E-state index contributed by atoms with van der Waals surface area (Å²) in [5, 5.41) is 23.8. The monoisotopic (exact) mass is 338 g/mol. The predicted octanol–water partition coefficient (Wildman–Crippen LogP) is 3.82. The van der Waals surface area contributed by atoms with E-state index in [0.717, 1.165) is 22.6 Å². The minimum Gasteiger partial charge on any atom is -0.757 e. The first-order valence-electron chi connectivity index (χ1n) is 8.63. The number of nitriles is 1.